The van der Waals surface area contributed by atoms with Crippen molar-refractivity contribution in [3.63, 3.8) is 0 Å². The molecule has 1 aromatic carbocycles. The highest BCUT2D eigenvalue weighted by Gasteiger charge is 2.39. The summed E-state index contributed by atoms with van der Waals surface area (Å²) in [4.78, 5) is -1.55. The van der Waals surface area contributed by atoms with Crippen LogP contribution < -0.4 is 4.18 Å². The molecule has 0 atom stereocenters. The van der Waals surface area contributed by atoms with Gasteiger partial charge in [-0.15, -0.1) is 0 Å². The molecule has 0 unspecified atom stereocenters. The third-order valence-corrected chi connectivity index (χ3v) is 4.38. The van der Waals surface area contributed by atoms with Gasteiger partial charge < -0.3 is 4.18 Å². The maximum absolute atomic E-state index is 12.8. The number of nitrogens with zero attached hydrogens (tertiary/aromatic N) is 2. The molecule has 0 radical (unpaired) electrons. The van der Waals surface area contributed by atoms with Crippen molar-refractivity contribution in [2.24, 2.45) is 7.05 Å². The molecule has 1 heterocycles. The van der Waals surface area contributed by atoms with Crippen LogP contribution in [-0.2, 0) is 35.7 Å². The first kappa shape index (κ1) is 21.8. The molecule has 15 heteroatoms. The van der Waals surface area contributed by atoms with E-state index in [1.54, 1.807) is 0 Å². The molecule has 0 saturated heterocycles. The predicted molar refractivity (Wildman–Crippen MR) is 72.5 cm³/mol. The molecule has 5 nitrogen and oxygen atoms in total. The SMILES string of the molecule is Cn1nc(C(F)(F)F)cc1OS(=O)(=O)c1cc(C(F)(F)F)cc(C(F)(F)F)c1. The Balaban J connectivity index is 2.56. The molecule has 0 aliphatic carbocycles. The van der Waals surface area contributed by atoms with E-state index in [2.05, 4.69) is 9.28 Å². The summed E-state index contributed by atoms with van der Waals surface area (Å²) in [5.41, 5.74) is -5.46. The van der Waals surface area contributed by atoms with E-state index in [1.165, 1.54) is 0 Å². The number of hydrogen-bond donors (Lipinski definition) is 0. The number of halogens is 9. The predicted octanol–water partition coefficient (Wildman–Crippen LogP) is 4.24. The molecule has 0 fully saturated rings. The fraction of sp³-hybridized carbons (Fsp3) is 0.308. The second-order valence-corrected chi connectivity index (χ2v) is 6.81. The van der Waals surface area contributed by atoms with Crippen LogP contribution in [0.4, 0.5) is 39.5 Å². The number of hydrogen-bond acceptors (Lipinski definition) is 4. The van der Waals surface area contributed by atoms with Crippen LogP contribution in [0.5, 0.6) is 5.88 Å². The summed E-state index contributed by atoms with van der Waals surface area (Å²) in [6, 6.07) is -0.460. The highest BCUT2D eigenvalue weighted by molar-refractivity contribution is 7.87. The Morgan fingerprint density at radius 3 is 1.64 bits per heavy atom. The van der Waals surface area contributed by atoms with Crippen molar-refractivity contribution >= 4 is 10.1 Å². The van der Waals surface area contributed by atoms with E-state index in [9.17, 15) is 47.9 Å². The fourth-order valence-electron chi connectivity index (χ4n) is 1.90. The molecule has 156 valence electrons. The average molecular weight is 442 g/mol. The second kappa shape index (κ2) is 6.56. The van der Waals surface area contributed by atoms with Gasteiger partial charge in [0.05, 0.1) is 11.1 Å². The number of benzene rings is 1. The first-order valence-corrected chi connectivity index (χ1v) is 8.17. The molecule has 0 bridgehead atoms. The fourth-order valence-corrected chi connectivity index (χ4v) is 2.92. The molecule has 0 aliphatic heterocycles. The number of aromatic nitrogens is 2. The third-order valence-electron chi connectivity index (χ3n) is 3.17. The molecule has 28 heavy (non-hydrogen) atoms. The van der Waals surface area contributed by atoms with E-state index in [0.29, 0.717) is 4.68 Å². The lowest BCUT2D eigenvalue weighted by atomic mass is 10.1. The van der Waals surface area contributed by atoms with Gasteiger partial charge in [0.2, 0.25) is 5.88 Å². The highest BCUT2D eigenvalue weighted by atomic mass is 32.2. The summed E-state index contributed by atoms with van der Waals surface area (Å²) in [6.45, 7) is 0. The van der Waals surface area contributed by atoms with E-state index < -0.39 is 56.2 Å². The molecule has 0 aliphatic rings. The first-order chi connectivity index (χ1) is 12.4. The minimum absolute atomic E-state index is 0.121. The zero-order valence-electron chi connectivity index (χ0n) is 13.2. The molecule has 0 N–H and O–H groups in total. The molecule has 2 rings (SSSR count). The minimum Gasteiger partial charge on any atom is -0.358 e. The van der Waals surface area contributed by atoms with E-state index in [1.807, 2.05) is 0 Å². The van der Waals surface area contributed by atoms with Gasteiger partial charge in [0.15, 0.2) is 5.69 Å². The largest absolute Gasteiger partial charge is 0.435 e. The van der Waals surface area contributed by atoms with E-state index in [4.69, 9.17) is 0 Å². The van der Waals surface area contributed by atoms with Gasteiger partial charge >= 0.3 is 28.6 Å². The second-order valence-electron chi connectivity index (χ2n) is 5.27. The Morgan fingerprint density at radius 2 is 1.29 bits per heavy atom. The summed E-state index contributed by atoms with van der Waals surface area (Å²) >= 11 is 0. The van der Waals surface area contributed by atoms with Crippen LogP contribution in [-0.4, -0.2) is 18.2 Å². The number of aryl methyl sites for hydroxylation is 1. The Kier molecular flexibility index (Phi) is 5.12. The lowest BCUT2D eigenvalue weighted by Gasteiger charge is -2.14. The molecule has 0 saturated carbocycles. The van der Waals surface area contributed by atoms with Gasteiger partial charge in [0, 0.05) is 13.1 Å². The van der Waals surface area contributed by atoms with Crippen LogP contribution in [0.3, 0.4) is 0 Å². The van der Waals surface area contributed by atoms with Gasteiger partial charge in [0.1, 0.15) is 4.90 Å². The standard InChI is InChI=1S/C13H7F9N2O3S/c1-24-10(5-9(23-24)13(20,21)22)27-28(25,26)8-3-6(11(14,15)16)2-7(4-8)12(17,18)19/h2-5H,1H3. The normalized spacial score (nSPS) is 13.6. The van der Waals surface area contributed by atoms with E-state index in [-0.39, 0.29) is 24.3 Å². The quantitative estimate of drug-likeness (QED) is 0.527. The average Bonchev–Trinajstić information content (AvgIpc) is 2.85. The van der Waals surface area contributed by atoms with Gasteiger partial charge in [-0.05, 0) is 18.2 Å². The zero-order valence-corrected chi connectivity index (χ0v) is 14.1. The number of rotatable bonds is 3. The van der Waals surface area contributed by atoms with Crippen molar-refractivity contribution in [3.8, 4) is 5.88 Å². The van der Waals surface area contributed by atoms with Gasteiger partial charge in [-0.25, -0.2) is 4.68 Å². The maximum atomic E-state index is 12.8. The first-order valence-electron chi connectivity index (χ1n) is 6.76. The zero-order chi connectivity index (χ0) is 21.7. The maximum Gasteiger partial charge on any atom is 0.435 e. The van der Waals surface area contributed by atoms with Crippen LogP contribution in [0.25, 0.3) is 0 Å². The van der Waals surface area contributed by atoms with Crippen LogP contribution in [0, 0.1) is 0 Å². The lowest BCUT2D eigenvalue weighted by molar-refractivity contribution is -0.143. The Morgan fingerprint density at radius 1 is 0.821 bits per heavy atom. The Hall–Kier alpha value is -2.45. The van der Waals surface area contributed by atoms with Crippen LogP contribution >= 0.6 is 0 Å². The van der Waals surface area contributed by atoms with E-state index >= 15 is 0 Å². The van der Waals surface area contributed by atoms with Crippen molar-refractivity contribution in [1.82, 2.24) is 9.78 Å². The van der Waals surface area contributed by atoms with Crippen LogP contribution in [0.15, 0.2) is 29.2 Å². The summed E-state index contributed by atoms with van der Waals surface area (Å²) in [6.07, 6.45) is -15.7. The van der Waals surface area contributed by atoms with Gasteiger partial charge in [-0.3, -0.25) is 0 Å². The Bertz CT molecular complexity index is 956. The Labute approximate surface area is 150 Å². The molecular formula is C13H7F9N2O3S. The van der Waals surface area contributed by atoms with Gasteiger partial charge in [0.25, 0.3) is 0 Å². The van der Waals surface area contributed by atoms with Crippen LogP contribution in [0.2, 0.25) is 0 Å². The summed E-state index contributed by atoms with van der Waals surface area (Å²) in [5, 5.41) is 2.92. The van der Waals surface area contributed by atoms with Crippen molar-refractivity contribution in [3.05, 3.63) is 41.1 Å². The smallest absolute Gasteiger partial charge is 0.358 e. The van der Waals surface area contributed by atoms with Crippen LogP contribution in [0.1, 0.15) is 16.8 Å². The van der Waals surface area contributed by atoms with Gasteiger partial charge in [-0.2, -0.15) is 53.0 Å². The topological polar surface area (TPSA) is 61.2 Å². The highest BCUT2D eigenvalue weighted by Crippen LogP contribution is 2.38. The lowest BCUT2D eigenvalue weighted by Crippen LogP contribution is -2.16. The van der Waals surface area contributed by atoms with Gasteiger partial charge in [-0.1, -0.05) is 0 Å². The van der Waals surface area contributed by atoms with Crippen molar-refractivity contribution in [1.29, 1.82) is 0 Å². The molecule has 2 aromatic rings. The monoisotopic (exact) mass is 442 g/mol. The molecular weight excluding hydrogens is 435 g/mol. The summed E-state index contributed by atoms with van der Waals surface area (Å²) < 4.78 is 143. The third kappa shape index (κ3) is 4.69. The summed E-state index contributed by atoms with van der Waals surface area (Å²) in [7, 11) is -4.53. The molecule has 1 aromatic heterocycles. The van der Waals surface area contributed by atoms with E-state index in [0.717, 1.165) is 7.05 Å². The van der Waals surface area contributed by atoms with Crippen molar-refractivity contribution in [2.75, 3.05) is 0 Å². The minimum atomic E-state index is -5.36. The van der Waals surface area contributed by atoms with Crippen molar-refractivity contribution < 1.29 is 52.1 Å². The van der Waals surface area contributed by atoms with Crippen molar-refractivity contribution in [2.45, 2.75) is 23.4 Å². The molecule has 0 spiro atoms. The summed E-state index contributed by atoms with van der Waals surface area (Å²) in [5.74, 6) is -1.07. The molecule has 0 amide bonds. The number of alkyl halides is 9.